The van der Waals surface area contributed by atoms with Gasteiger partial charge >= 0.3 is 0 Å². The highest BCUT2D eigenvalue weighted by Gasteiger charge is 2.28. The molecule has 0 saturated heterocycles. The Bertz CT molecular complexity index is 919. The fourth-order valence-electron chi connectivity index (χ4n) is 2.98. The van der Waals surface area contributed by atoms with Crippen molar-refractivity contribution in [3.05, 3.63) is 58.1 Å². The van der Waals surface area contributed by atoms with E-state index in [4.69, 9.17) is 23.2 Å². The molecule has 2 heterocycles. The van der Waals surface area contributed by atoms with Gasteiger partial charge in [0, 0.05) is 18.1 Å². The van der Waals surface area contributed by atoms with Gasteiger partial charge in [-0.05, 0) is 36.8 Å². The van der Waals surface area contributed by atoms with Gasteiger partial charge in [-0.3, -0.25) is 9.69 Å². The van der Waals surface area contributed by atoms with Crippen molar-refractivity contribution in [3.8, 4) is 0 Å². The van der Waals surface area contributed by atoms with Gasteiger partial charge in [0.1, 0.15) is 0 Å². The SMILES string of the molecule is O=C(c1ccc(Cl)cc1Cl)N1CCCn2c1nc1ccccc12. The van der Waals surface area contributed by atoms with Crippen LogP contribution in [0.25, 0.3) is 11.0 Å². The molecule has 4 rings (SSSR count). The summed E-state index contributed by atoms with van der Waals surface area (Å²) in [6, 6.07) is 12.8. The lowest BCUT2D eigenvalue weighted by molar-refractivity contribution is 0.0981. The number of nitrogens with zero attached hydrogens (tertiary/aromatic N) is 3. The van der Waals surface area contributed by atoms with Gasteiger partial charge in [0.05, 0.1) is 21.6 Å². The van der Waals surface area contributed by atoms with Crippen molar-refractivity contribution >= 4 is 46.1 Å². The molecule has 1 aromatic heterocycles. The van der Waals surface area contributed by atoms with Gasteiger partial charge in [0.2, 0.25) is 5.95 Å². The largest absolute Gasteiger partial charge is 0.310 e. The van der Waals surface area contributed by atoms with Crippen molar-refractivity contribution in [2.45, 2.75) is 13.0 Å². The van der Waals surface area contributed by atoms with Crippen molar-refractivity contribution in [2.24, 2.45) is 0 Å². The van der Waals surface area contributed by atoms with Gasteiger partial charge in [-0.1, -0.05) is 35.3 Å². The number of carbonyl (C=O) groups is 1. The van der Waals surface area contributed by atoms with E-state index >= 15 is 0 Å². The number of aryl methyl sites for hydroxylation is 1. The van der Waals surface area contributed by atoms with E-state index in [-0.39, 0.29) is 5.91 Å². The van der Waals surface area contributed by atoms with E-state index in [9.17, 15) is 4.79 Å². The molecule has 1 amide bonds. The maximum absolute atomic E-state index is 12.9. The highest BCUT2D eigenvalue weighted by atomic mass is 35.5. The minimum absolute atomic E-state index is 0.150. The highest BCUT2D eigenvalue weighted by molar-refractivity contribution is 6.37. The predicted octanol–water partition coefficient (Wildman–Crippen LogP) is 4.39. The maximum atomic E-state index is 12.9. The second-order valence-corrected chi connectivity index (χ2v) is 6.33. The van der Waals surface area contributed by atoms with Crippen LogP contribution in [0.4, 0.5) is 5.95 Å². The van der Waals surface area contributed by atoms with Crippen LogP contribution in [-0.2, 0) is 6.54 Å². The first kappa shape index (κ1) is 14.5. The predicted molar refractivity (Wildman–Crippen MR) is 92.5 cm³/mol. The van der Waals surface area contributed by atoms with Crippen molar-refractivity contribution in [2.75, 3.05) is 11.4 Å². The first-order valence-electron chi connectivity index (χ1n) is 7.37. The smallest absolute Gasteiger partial charge is 0.262 e. The molecule has 3 aromatic rings. The third-order valence-electron chi connectivity index (χ3n) is 4.05. The normalized spacial score (nSPS) is 14.1. The van der Waals surface area contributed by atoms with Gasteiger partial charge in [0.15, 0.2) is 0 Å². The van der Waals surface area contributed by atoms with Crippen LogP contribution in [0.2, 0.25) is 10.0 Å². The molecule has 0 unspecified atom stereocenters. The Morgan fingerprint density at radius 1 is 1.09 bits per heavy atom. The zero-order valence-electron chi connectivity index (χ0n) is 12.2. The third-order valence-corrected chi connectivity index (χ3v) is 4.59. The fourth-order valence-corrected chi connectivity index (χ4v) is 3.47. The lowest BCUT2D eigenvalue weighted by Crippen LogP contribution is -2.38. The number of hydrogen-bond donors (Lipinski definition) is 0. The summed E-state index contributed by atoms with van der Waals surface area (Å²) < 4.78 is 2.08. The van der Waals surface area contributed by atoms with E-state index in [1.807, 2.05) is 24.3 Å². The van der Waals surface area contributed by atoms with Gasteiger partial charge in [-0.15, -0.1) is 0 Å². The monoisotopic (exact) mass is 345 g/mol. The topological polar surface area (TPSA) is 38.1 Å². The summed E-state index contributed by atoms with van der Waals surface area (Å²) in [4.78, 5) is 19.2. The Morgan fingerprint density at radius 2 is 1.91 bits per heavy atom. The molecular weight excluding hydrogens is 333 g/mol. The molecule has 0 aliphatic carbocycles. The molecule has 1 aliphatic rings. The van der Waals surface area contributed by atoms with Crippen LogP contribution >= 0.6 is 23.2 Å². The molecule has 0 saturated carbocycles. The third kappa shape index (κ3) is 2.38. The Hall–Kier alpha value is -2.04. The van der Waals surface area contributed by atoms with Gasteiger partial charge in [0.25, 0.3) is 5.91 Å². The quantitative estimate of drug-likeness (QED) is 0.655. The second-order valence-electron chi connectivity index (χ2n) is 5.49. The summed E-state index contributed by atoms with van der Waals surface area (Å²) in [7, 11) is 0. The summed E-state index contributed by atoms with van der Waals surface area (Å²) in [5.41, 5.74) is 2.38. The number of benzene rings is 2. The van der Waals surface area contributed by atoms with Gasteiger partial charge in [-0.2, -0.15) is 0 Å². The van der Waals surface area contributed by atoms with E-state index in [1.54, 1.807) is 23.1 Å². The van der Waals surface area contributed by atoms with Crippen LogP contribution in [0.5, 0.6) is 0 Å². The molecule has 0 atom stereocenters. The van der Waals surface area contributed by atoms with Crippen LogP contribution in [0.15, 0.2) is 42.5 Å². The Balaban J connectivity index is 1.81. The number of amides is 1. The van der Waals surface area contributed by atoms with Crippen LogP contribution in [-0.4, -0.2) is 22.0 Å². The van der Waals surface area contributed by atoms with Gasteiger partial charge < -0.3 is 4.57 Å². The molecule has 0 fully saturated rings. The molecule has 6 heteroatoms. The van der Waals surface area contributed by atoms with Crippen molar-refractivity contribution < 1.29 is 4.79 Å². The second kappa shape index (κ2) is 5.55. The molecule has 116 valence electrons. The standard InChI is InChI=1S/C17H13Cl2N3O/c18-11-6-7-12(13(19)10-11)16(23)22-9-3-8-21-15-5-2-1-4-14(15)20-17(21)22/h1-2,4-7,10H,3,8-9H2. The number of rotatable bonds is 1. The molecule has 1 aliphatic heterocycles. The fraction of sp³-hybridized carbons (Fsp3) is 0.176. The average Bonchev–Trinajstić information content (AvgIpc) is 2.93. The molecule has 0 bridgehead atoms. The Kier molecular flexibility index (Phi) is 3.51. The summed E-state index contributed by atoms with van der Waals surface area (Å²) in [6.45, 7) is 1.48. The molecular formula is C17H13Cl2N3O. The Labute approximate surface area is 143 Å². The number of halogens is 2. The minimum atomic E-state index is -0.150. The van der Waals surface area contributed by atoms with E-state index in [0.717, 1.165) is 24.0 Å². The number of carbonyl (C=O) groups excluding carboxylic acids is 1. The van der Waals surface area contributed by atoms with E-state index in [1.165, 1.54) is 0 Å². The van der Waals surface area contributed by atoms with E-state index < -0.39 is 0 Å². The van der Waals surface area contributed by atoms with Gasteiger partial charge in [-0.25, -0.2) is 4.98 Å². The first-order chi connectivity index (χ1) is 11.1. The Morgan fingerprint density at radius 3 is 2.74 bits per heavy atom. The number of anilines is 1. The molecule has 0 spiro atoms. The molecule has 2 aromatic carbocycles. The van der Waals surface area contributed by atoms with E-state index in [0.29, 0.717) is 28.1 Å². The summed E-state index contributed by atoms with van der Waals surface area (Å²) in [6.07, 6.45) is 0.879. The van der Waals surface area contributed by atoms with Crippen LogP contribution in [0.1, 0.15) is 16.8 Å². The minimum Gasteiger partial charge on any atom is -0.310 e. The van der Waals surface area contributed by atoms with Crippen LogP contribution < -0.4 is 4.90 Å². The zero-order chi connectivity index (χ0) is 16.0. The van der Waals surface area contributed by atoms with Crippen molar-refractivity contribution in [1.82, 2.24) is 9.55 Å². The number of aromatic nitrogens is 2. The van der Waals surface area contributed by atoms with E-state index in [2.05, 4.69) is 9.55 Å². The van der Waals surface area contributed by atoms with Crippen molar-refractivity contribution in [1.29, 1.82) is 0 Å². The summed E-state index contributed by atoms with van der Waals surface area (Å²) in [5.74, 6) is 0.524. The number of fused-ring (bicyclic) bond motifs is 3. The first-order valence-corrected chi connectivity index (χ1v) is 8.13. The summed E-state index contributed by atoms with van der Waals surface area (Å²) >= 11 is 12.1. The number of imidazole rings is 1. The molecule has 0 radical (unpaired) electrons. The van der Waals surface area contributed by atoms with Crippen LogP contribution in [0.3, 0.4) is 0 Å². The molecule has 23 heavy (non-hydrogen) atoms. The summed E-state index contributed by atoms with van der Waals surface area (Å²) in [5, 5.41) is 0.869. The maximum Gasteiger partial charge on any atom is 0.262 e. The zero-order valence-corrected chi connectivity index (χ0v) is 13.7. The lowest BCUT2D eigenvalue weighted by Gasteiger charge is -2.27. The van der Waals surface area contributed by atoms with Crippen LogP contribution in [0, 0.1) is 0 Å². The van der Waals surface area contributed by atoms with Crippen molar-refractivity contribution in [3.63, 3.8) is 0 Å². The molecule has 4 nitrogen and oxygen atoms in total. The lowest BCUT2D eigenvalue weighted by atomic mass is 10.2. The highest BCUT2D eigenvalue weighted by Crippen LogP contribution is 2.29. The average molecular weight is 346 g/mol. The molecule has 0 N–H and O–H groups in total. The number of para-hydroxylation sites is 2. The number of hydrogen-bond acceptors (Lipinski definition) is 2.